The largest absolute Gasteiger partial charge is 0.478 e. The van der Waals surface area contributed by atoms with Gasteiger partial charge in [0.1, 0.15) is 12.1 Å². The number of aromatic carboxylic acids is 1. The predicted octanol–water partition coefficient (Wildman–Crippen LogP) is 1.96. The molecule has 1 aromatic carbocycles. The Hall–Kier alpha value is -2.04. The summed E-state index contributed by atoms with van der Waals surface area (Å²) in [4.78, 5) is 17.7. The van der Waals surface area contributed by atoms with E-state index in [0.29, 0.717) is 6.61 Å². The molecule has 0 atom stereocenters. The molecule has 1 aromatic heterocycles. The van der Waals surface area contributed by atoms with E-state index in [0.717, 1.165) is 23.7 Å². The van der Waals surface area contributed by atoms with Gasteiger partial charge in [0.15, 0.2) is 0 Å². The van der Waals surface area contributed by atoms with E-state index < -0.39 is 5.97 Å². The van der Waals surface area contributed by atoms with Crippen LogP contribution in [0.2, 0.25) is 0 Å². The van der Waals surface area contributed by atoms with Gasteiger partial charge in [0.2, 0.25) is 0 Å². The Morgan fingerprint density at radius 2 is 2.35 bits per heavy atom. The summed E-state index contributed by atoms with van der Waals surface area (Å²) in [5.74, 6) is -0.938. The van der Waals surface area contributed by atoms with Crippen LogP contribution in [0.1, 0.15) is 30.1 Å². The van der Waals surface area contributed by atoms with Gasteiger partial charge in [-0.1, -0.05) is 18.2 Å². The lowest BCUT2D eigenvalue weighted by Crippen LogP contribution is -2.13. The molecule has 0 saturated heterocycles. The van der Waals surface area contributed by atoms with E-state index >= 15 is 0 Å². The molecule has 1 heterocycles. The SMILES string of the molecule is CCCCOn1ncc2cc(C(=O)O)ccc21. The van der Waals surface area contributed by atoms with Crippen LogP contribution in [-0.2, 0) is 0 Å². The number of carboxylic acids is 1. The number of fused-ring (bicyclic) bond motifs is 1. The molecule has 0 unspecified atom stereocenters. The standard InChI is InChI=1S/C12H14N2O3/c1-2-3-6-17-14-11-5-4-9(12(15)16)7-10(11)8-13-14/h4-5,7-8H,2-3,6H2,1H3,(H,15,16). The number of hydrogen-bond acceptors (Lipinski definition) is 3. The number of benzene rings is 1. The third-order valence-corrected chi connectivity index (χ3v) is 2.49. The first-order valence-corrected chi connectivity index (χ1v) is 5.56. The minimum atomic E-state index is -0.938. The third-order valence-electron chi connectivity index (χ3n) is 2.49. The predicted molar refractivity (Wildman–Crippen MR) is 63.0 cm³/mol. The maximum absolute atomic E-state index is 10.8. The first-order valence-electron chi connectivity index (χ1n) is 5.56. The van der Waals surface area contributed by atoms with Gasteiger partial charge in [0.05, 0.1) is 11.8 Å². The van der Waals surface area contributed by atoms with Gasteiger partial charge in [-0.3, -0.25) is 0 Å². The fourth-order valence-electron chi connectivity index (χ4n) is 1.54. The highest BCUT2D eigenvalue weighted by atomic mass is 16.7. The minimum Gasteiger partial charge on any atom is -0.478 e. The molecule has 0 aliphatic heterocycles. The van der Waals surface area contributed by atoms with E-state index in [-0.39, 0.29) is 5.56 Å². The maximum atomic E-state index is 10.8. The quantitative estimate of drug-likeness (QED) is 0.803. The normalized spacial score (nSPS) is 10.6. The first kappa shape index (κ1) is 11.4. The van der Waals surface area contributed by atoms with Crippen molar-refractivity contribution in [2.75, 3.05) is 6.61 Å². The molecule has 0 aliphatic carbocycles. The molecule has 0 radical (unpaired) electrons. The molecule has 0 fully saturated rings. The molecule has 17 heavy (non-hydrogen) atoms. The topological polar surface area (TPSA) is 64.4 Å². The summed E-state index contributed by atoms with van der Waals surface area (Å²) < 4.78 is 0. The van der Waals surface area contributed by atoms with Crippen LogP contribution in [0.5, 0.6) is 0 Å². The number of carboxylic acid groups (broad SMARTS) is 1. The summed E-state index contributed by atoms with van der Waals surface area (Å²) in [5, 5.41) is 13.7. The van der Waals surface area contributed by atoms with Crippen molar-refractivity contribution in [2.45, 2.75) is 19.8 Å². The van der Waals surface area contributed by atoms with Crippen LogP contribution in [0.25, 0.3) is 10.9 Å². The van der Waals surface area contributed by atoms with E-state index in [2.05, 4.69) is 12.0 Å². The lowest BCUT2D eigenvalue weighted by atomic mass is 10.2. The summed E-state index contributed by atoms with van der Waals surface area (Å²) in [5.41, 5.74) is 1.04. The molecule has 2 rings (SSSR count). The second kappa shape index (κ2) is 4.86. The zero-order valence-corrected chi connectivity index (χ0v) is 9.59. The highest BCUT2D eigenvalue weighted by Crippen LogP contribution is 2.15. The molecular formula is C12H14N2O3. The molecule has 0 aliphatic rings. The van der Waals surface area contributed by atoms with Crippen LogP contribution >= 0.6 is 0 Å². The average molecular weight is 234 g/mol. The highest BCUT2D eigenvalue weighted by molar-refractivity contribution is 5.93. The molecule has 1 N–H and O–H groups in total. The lowest BCUT2D eigenvalue weighted by Gasteiger charge is -2.05. The van der Waals surface area contributed by atoms with Gasteiger partial charge in [-0.15, -0.1) is 5.10 Å². The zero-order valence-electron chi connectivity index (χ0n) is 9.59. The first-order chi connectivity index (χ1) is 8.22. The Bertz CT molecular complexity index is 534. The Labute approximate surface area is 98.6 Å². The van der Waals surface area contributed by atoms with Crippen molar-refractivity contribution in [3.05, 3.63) is 30.0 Å². The van der Waals surface area contributed by atoms with Crippen molar-refractivity contribution in [1.82, 2.24) is 9.94 Å². The van der Waals surface area contributed by atoms with Gasteiger partial charge < -0.3 is 9.94 Å². The van der Waals surface area contributed by atoms with Crippen molar-refractivity contribution in [1.29, 1.82) is 0 Å². The van der Waals surface area contributed by atoms with Crippen LogP contribution in [-0.4, -0.2) is 27.6 Å². The van der Waals surface area contributed by atoms with Gasteiger partial charge in [-0.2, -0.15) is 0 Å². The molecule has 0 saturated carbocycles. The molecule has 5 nitrogen and oxygen atoms in total. The summed E-state index contributed by atoms with van der Waals surface area (Å²) >= 11 is 0. The Kier molecular flexibility index (Phi) is 3.27. The lowest BCUT2D eigenvalue weighted by molar-refractivity contribution is 0.0697. The molecule has 90 valence electrons. The maximum Gasteiger partial charge on any atom is 0.335 e. The van der Waals surface area contributed by atoms with Gasteiger partial charge >= 0.3 is 5.97 Å². The van der Waals surface area contributed by atoms with Gasteiger partial charge in [-0.05, 0) is 24.6 Å². The Morgan fingerprint density at radius 1 is 1.53 bits per heavy atom. The van der Waals surface area contributed by atoms with Gasteiger partial charge in [-0.25, -0.2) is 4.79 Å². The summed E-state index contributed by atoms with van der Waals surface area (Å²) in [6, 6.07) is 4.84. The van der Waals surface area contributed by atoms with E-state index in [9.17, 15) is 4.79 Å². The second-order valence-corrected chi connectivity index (χ2v) is 3.78. The summed E-state index contributed by atoms with van der Waals surface area (Å²) in [6.07, 6.45) is 3.63. The molecule has 2 aromatic rings. The smallest absolute Gasteiger partial charge is 0.335 e. The molecule has 0 amide bonds. The molecule has 0 spiro atoms. The summed E-state index contributed by atoms with van der Waals surface area (Å²) in [6.45, 7) is 2.69. The third kappa shape index (κ3) is 2.38. The minimum absolute atomic E-state index is 0.255. The number of rotatable bonds is 5. The number of nitrogens with zero attached hydrogens (tertiary/aromatic N) is 2. The fraction of sp³-hybridized carbons (Fsp3) is 0.333. The fourth-order valence-corrected chi connectivity index (χ4v) is 1.54. The van der Waals surface area contributed by atoms with E-state index in [1.54, 1.807) is 24.4 Å². The van der Waals surface area contributed by atoms with Crippen molar-refractivity contribution < 1.29 is 14.7 Å². The molecular weight excluding hydrogens is 220 g/mol. The van der Waals surface area contributed by atoms with Gasteiger partial charge in [0, 0.05) is 5.39 Å². The van der Waals surface area contributed by atoms with E-state index in [4.69, 9.17) is 9.94 Å². The number of aromatic nitrogens is 2. The van der Waals surface area contributed by atoms with Crippen LogP contribution < -0.4 is 4.84 Å². The zero-order chi connectivity index (χ0) is 12.3. The van der Waals surface area contributed by atoms with Crippen LogP contribution in [0.15, 0.2) is 24.4 Å². The number of unbranched alkanes of at least 4 members (excludes halogenated alkanes) is 1. The van der Waals surface area contributed by atoms with Crippen LogP contribution in [0.3, 0.4) is 0 Å². The monoisotopic (exact) mass is 234 g/mol. The molecule has 5 heteroatoms. The van der Waals surface area contributed by atoms with Crippen molar-refractivity contribution in [3.8, 4) is 0 Å². The van der Waals surface area contributed by atoms with Gasteiger partial charge in [0.25, 0.3) is 0 Å². The van der Waals surface area contributed by atoms with Crippen LogP contribution in [0, 0.1) is 0 Å². The van der Waals surface area contributed by atoms with Crippen molar-refractivity contribution in [2.24, 2.45) is 0 Å². The number of carbonyl (C=O) groups is 1. The Morgan fingerprint density at radius 3 is 3.06 bits per heavy atom. The Balaban J connectivity index is 2.25. The van der Waals surface area contributed by atoms with Crippen molar-refractivity contribution in [3.63, 3.8) is 0 Å². The van der Waals surface area contributed by atoms with E-state index in [1.165, 1.54) is 4.85 Å². The van der Waals surface area contributed by atoms with Crippen molar-refractivity contribution >= 4 is 16.9 Å². The summed E-state index contributed by atoms with van der Waals surface area (Å²) in [7, 11) is 0. The van der Waals surface area contributed by atoms with Crippen LogP contribution in [0.4, 0.5) is 0 Å². The molecule has 0 bridgehead atoms. The second-order valence-electron chi connectivity index (χ2n) is 3.78. The number of hydrogen-bond donors (Lipinski definition) is 1. The average Bonchev–Trinajstić information content (AvgIpc) is 2.72. The highest BCUT2D eigenvalue weighted by Gasteiger charge is 2.07. The van der Waals surface area contributed by atoms with E-state index in [1.807, 2.05) is 0 Å².